The Hall–Kier alpha value is -1.59. The number of carbonyl (C=O) groups excluding carboxylic acids is 3. The zero-order chi connectivity index (χ0) is 49.3. The zero-order valence-electron chi connectivity index (χ0n) is 46.4. The SMILES string of the molecule is CCCCCCCCCCCCCCCCCCCCC(=O)O[C@H](COC(=O)CCCCCCCCCCCCCCCCC)COC(=O)CCCCCCCCCCCCCCCCCCC. The summed E-state index contributed by atoms with van der Waals surface area (Å²) >= 11 is 0. The summed E-state index contributed by atoms with van der Waals surface area (Å²) in [6.07, 6.45) is 65.3. The topological polar surface area (TPSA) is 78.9 Å². The first-order valence-corrected chi connectivity index (χ1v) is 31.0. The van der Waals surface area contributed by atoms with E-state index in [9.17, 15) is 14.4 Å². The van der Waals surface area contributed by atoms with Crippen molar-refractivity contribution in [2.24, 2.45) is 0 Å². The van der Waals surface area contributed by atoms with Crippen LogP contribution in [0.4, 0.5) is 0 Å². The van der Waals surface area contributed by atoms with Gasteiger partial charge in [-0.25, -0.2) is 0 Å². The second kappa shape index (κ2) is 58.0. The van der Waals surface area contributed by atoms with E-state index in [-0.39, 0.29) is 31.1 Å². The summed E-state index contributed by atoms with van der Waals surface area (Å²) in [4.78, 5) is 38.2. The zero-order valence-corrected chi connectivity index (χ0v) is 46.4. The van der Waals surface area contributed by atoms with Gasteiger partial charge in [-0.05, 0) is 19.3 Å². The number of unbranched alkanes of at least 4 members (excludes halogenated alkanes) is 47. The van der Waals surface area contributed by atoms with Crippen LogP contribution in [0, 0.1) is 0 Å². The van der Waals surface area contributed by atoms with Crippen LogP contribution >= 0.6 is 0 Å². The minimum absolute atomic E-state index is 0.0606. The lowest BCUT2D eigenvalue weighted by molar-refractivity contribution is -0.167. The minimum Gasteiger partial charge on any atom is -0.462 e. The maximum Gasteiger partial charge on any atom is 0.306 e. The van der Waals surface area contributed by atoms with E-state index >= 15 is 0 Å². The summed E-state index contributed by atoms with van der Waals surface area (Å²) in [7, 11) is 0. The highest BCUT2D eigenvalue weighted by Gasteiger charge is 2.19. The van der Waals surface area contributed by atoms with E-state index in [2.05, 4.69) is 20.8 Å². The molecule has 0 aliphatic heterocycles. The first-order valence-electron chi connectivity index (χ1n) is 31.0. The second-order valence-corrected chi connectivity index (χ2v) is 21.3. The molecule has 0 aromatic carbocycles. The molecule has 0 aliphatic carbocycles. The first kappa shape index (κ1) is 66.4. The summed E-state index contributed by atoms with van der Waals surface area (Å²) < 4.78 is 16.9. The highest BCUT2D eigenvalue weighted by Crippen LogP contribution is 2.18. The molecule has 0 aromatic rings. The van der Waals surface area contributed by atoms with E-state index in [4.69, 9.17) is 14.2 Å². The van der Waals surface area contributed by atoms with Gasteiger partial charge >= 0.3 is 17.9 Å². The summed E-state index contributed by atoms with van der Waals surface area (Å²) in [5, 5.41) is 0. The van der Waals surface area contributed by atoms with Gasteiger partial charge in [0.2, 0.25) is 0 Å². The molecule has 0 fully saturated rings. The first-order chi connectivity index (χ1) is 33.5. The molecule has 0 saturated carbocycles. The molecule has 0 spiro atoms. The van der Waals surface area contributed by atoms with Crippen molar-refractivity contribution in [2.75, 3.05) is 13.2 Å². The molecular formula is C62H120O6. The molecule has 1 atom stereocenters. The Morgan fingerprint density at radius 3 is 0.588 bits per heavy atom. The fourth-order valence-electron chi connectivity index (χ4n) is 9.68. The molecular weight excluding hydrogens is 841 g/mol. The van der Waals surface area contributed by atoms with Gasteiger partial charge in [-0.3, -0.25) is 14.4 Å². The lowest BCUT2D eigenvalue weighted by atomic mass is 10.0. The van der Waals surface area contributed by atoms with E-state index in [0.717, 1.165) is 57.8 Å². The number of hydrogen-bond acceptors (Lipinski definition) is 6. The van der Waals surface area contributed by atoms with Gasteiger partial charge in [0.25, 0.3) is 0 Å². The molecule has 0 bridgehead atoms. The smallest absolute Gasteiger partial charge is 0.306 e. The normalized spacial score (nSPS) is 11.9. The van der Waals surface area contributed by atoms with Gasteiger partial charge in [0.15, 0.2) is 6.10 Å². The average molecular weight is 962 g/mol. The van der Waals surface area contributed by atoms with Crippen LogP contribution in [0.3, 0.4) is 0 Å². The highest BCUT2D eigenvalue weighted by molar-refractivity contribution is 5.71. The van der Waals surface area contributed by atoms with Crippen molar-refractivity contribution < 1.29 is 28.6 Å². The molecule has 0 saturated heterocycles. The fourth-order valence-corrected chi connectivity index (χ4v) is 9.68. The van der Waals surface area contributed by atoms with Crippen molar-refractivity contribution in [1.82, 2.24) is 0 Å². The van der Waals surface area contributed by atoms with Crippen molar-refractivity contribution in [1.29, 1.82) is 0 Å². The van der Waals surface area contributed by atoms with Crippen LogP contribution in [0.1, 0.15) is 361 Å². The molecule has 0 N–H and O–H groups in total. The van der Waals surface area contributed by atoms with E-state index in [1.165, 1.54) is 263 Å². The molecule has 68 heavy (non-hydrogen) atoms. The number of carbonyl (C=O) groups is 3. The molecule has 0 radical (unpaired) electrons. The molecule has 6 heteroatoms. The predicted octanol–water partition coefficient (Wildman–Crippen LogP) is 20.7. The van der Waals surface area contributed by atoms with Crippen molar-refractivity contribution >= 4 is 17.9 Å². The van der Waals surface area contributed by atoms with Crippen LogP contribution in [0.5, 0.6) is 0 Å². The van der Waals surface area contributed by atoms with Gasteiger partial charge in [-0.1, -0.05) is 323 Å². The highest BCUT2D eigenvalue weighted by atomic mass is 16.6. The van der Waals surface area contributed by atoms with E-state index in [1.807, 2.05) is 0 Å². The van der Waals surface area contributed by atoms with Gasteiger partial charge < -0.3 is 14.2 Å². The quantitative estimate of drug-likeness (QED) is 0.0343. The van der Waals surface area contributed by atoms with Gasteiger partial charge in [0.05, 0.1) is 0 Å². The third-order valence-electron chi connectivity index (χ3n) is 14.4. The summed E-state index contributed by atoms with van der Waals surface area (Å²) in [6.45, 7) is 6.73. The van der Waals surface area contributed by atoms with Gasteiger partial charge in [-0.15, -0.1) is 0 Å². The average Bonchev–Trinajstić information content (AvgIpc) is 3.34. The number of hydrogen-bond donors (Lipinski definition) is 0. The summed E-state index contributed by atoms with van der Waals surface area (Å²) in [6, 6.07) is 0. The molecule has 404 valence electrons. The fraction of sp³-hybridized carbons (Fsp3) is 0.952. The maximum absolute atomic E-state index is 12.9. The molecule has 0 heterocycles. The molecule has 0 rings (SSSR count). The Morgan fingerprint density at radius 1 is 0.235 bits per heavy atom. The standard InChI is InChI=1S/C62H120O6/c1-4-7-10-13-16-19-22-25-28-30-32-35-38-41-44-47-50-53-56-62(65)68-59(57-66-60(63)54-51-48-45-42-39-36-33-27-24-21-18-15-12-9-6-3)58-67-61(64)55-52-49-46-43-40-37-34-31-29-26-23-20-17-14-11-8-5-2/h59H,4-58H2,1-3H3/t59-/m1/s1. The Kier molecular flexibility index (Phi) is 56.6. The Labute approximate surface area is 425 Å². The third-order valence-corrected chi connectivity index (χ3v) is 14.4. The van der Waals surface area contributed by atoms with E-state index in [0.29, 0.717) is 19.3 Å². The van der Waals surface area contributed by atoms with Crippen molar-refractivity contribution in [3.8, 4) is 0 Å². The number of ether oxygens (including phenoxy) is 3. The number of rotatable bonds is 58. The van der Waals surface area contributed by atoms with Gasteiger partial charge in [0.1, 0.15) is 13.2 Å². The van der Waals surface area contributed by atoms with Gasteiger partial charge in [-0.2, -0.15) is 0 Å². The largest absolute Gasteiger partial charge is 0.462 e. The third kappa shape index (κ3) is 55.3. The molecule has 0 amide bonds. The molecule has 0 unspecified atom stereocenters. The van der Waals surface area contributed by atoms with Crippen LogP contribution in [-0.2, 0) is 28.6 Å². The van der Waals surface area contributed by atoms with Crippen molar-refractivity contribution in [3.05, 3.63) is 0 Å². The lowest BCUT2D eigenvalue weighted by Crippen LogP contribution is -2.30. The van der Waals surface area contributed by atoms with Crippen LogP contribution in [0.15, 0.2) is 0 Å². The van der Waals surface area contributed by atoms with E-state index < -0.39 is 6.10 Å². The van der Waals surface area contributed by atoms with Crippen LogP contribution in [-0.4, -0.2) is 37.2 Å². The molecule has 0 aliphatic rings. The predicted molar refractivity (Wildman–Crippen MR) is 294 cm³/mol. The van der Waals surface area contributed by atoms with Crippen molar-refractivity contribution in [3.63, 3.8) is 0 Å². The molecule has 6 nitrogen and oxygen atoms in total. The van der Waals surface area contributed by atoms with Crippen molar-refractivity contribution in [2.45, 2.75) is 367 Å². The van der Waals surface area contributed by atoms with Crippen LogP contribution in [0.25, 0.3) is 0 Å². The lowest BCUT2D eigenvalue weighted by Gasteiger charge is -2.18. The Balaban J connectivity index is 4.28. The summed E-state index contributed by atoms with van der Waals surface area (Å²) in [5.41, 5.74) is 0. The number of esters is 3. The second-order valence-electron chi connectivity index (χ2n) is 21.3. The van der Waals surface area contributed by atoms with Crippen LogP contribution < -0.4 is 0 Å². The van der Waals surface area contributed by atoms with E-state index in [1.54, 1.807) is 0 Å². The maximum atomic E-state index is 12.9. The molecule has 0 aromatic heterocycles. The van der Waals surface area contributed by atoms with Gasteiger partial charge in [0, 0.05) is 19.3 Å². The Morgan fingerprint density at radius 2 is 0.397 bits per heavy atom. The monoisotopic (exact) mass is 961 g/mol. The Bertz CT molecular complexity index is 1010. The van der Waals surface area contributed by atoms with Crippen LogP contribution in [0.2, 0.25) is 0 Å². The summed E-state index contributed by atoms with van der Waals surface area (Å²) in [5.74, 6) is -0.826. The minimum atomic E-state index is -0.762.